The average molecular weight is 366 g/mol. The van der Waals surface area contributed by atoms with Gasteiger partial charge in [0.25, 0.3) is 0 Å². The Bertz CT molecular complexity index is 1190. The molecule has 0 radical (unpaired) electrons. The molecule has 0 amide bonds. The lowest BCUT2D eigenvalue weighted by Crippen LogP contribution is -1.97. The zero-order chi connectivity index (χ0) is 19.7. The van der Waals surface area contributed by atoms with Gasteiger partial charge in [0.05, 0.1) is 5.52 Å². The molecule has 1 heterocycles. The van der Waals surface area contributed by atoms with Crippen molar-refractivity contribution in [2.45, 2.75) is 13.8 Å². The van der Waals surface area contributed by atoms with Crippen LogP contribution in [0.3, 0.4) is 0 Å². The summed E-state index contributed by atoms with van der Waals surface area (Å²) in [4.78, 5) is 23.2. The quantitative estimate of drug-likeness (QED) is 0.456. The Labute approximate surface area is 162 Å². The monoisotopic (exact) mass is 366 g/mol. The number of benzene rings is 3. The van der Waals surface area contributed by atoms with E-state index in [9.17, 15) is 9.59 Å². The molecule has 0 unspecified atom stereocenters. The highest BCUT2D eigenvalue weighted by Gasteiger charge is 2.15. The molecular weight excluding hydrogens is 348 g/mol. The maximum Gasteiger partial charge on any atom is 0.159 e. The lowest BCUT2D eigenvalue weighted by atomic mass is 9.94. The van der Waals surface area contributed by atoms with Crippen molar-refractivity contribution >= 4 is 22.5 Å². The summed E-state index contributed by atoms with van der Waals surface area (Å²) in [6.07, 6.45) is 0. The van der Waals surface area contributed by atoms with Gasteiger partial charge >= 0.3 is 0 Å². The van der Waals surface area contributed by atoms with E-state index in [1.54, 1.807) is 26.0 Å². The smallest absolute Gasteiger partial charge is 0.159 e. The molecule has 0 aliphatic heterocycles. The van der Waals surface area contributed by atoms with Crippen molar-refractivity contribution in [2.75, 3.05) is 0 Å². The van der Waals surface area contributed by atoms with Crippen LogP contribution >= 0.6 is 0 Å². The summed E-state index contributed by atoms with van der Waals surface area (Å²) in [6.45, 7) is 3.10. The maximum absolute atomic E-state index is 11.6. The van der Waals surface area contributed by atoms with Crippen molar-refractivity contribution in [3.63, 3.8) is 0 Å². The van der Waals surface area contributed by atoms with Gasteiger partial charge in [0, 0.05) is 27.6 Å². The van der Waals surface area contributed by atoms with Crippen molar-refractivity contribution in [2.24, 2.45) is 0 Å². The fourth-order valence-electron chi connectivity index (χ4n) is 3.28. The lowest BCUT2D eigenvalue weighted by molar-refractivity contribution is 0.100. The first-order valence-electron chi connectivity index (χ1n) is 9.03. The Morgan fingerprint density at radius 1 is 0.643 bits per heavy atom. The fourth-order valence-corrected chi connectivity index (χ4v) is 3.28. The Morgan fingerprint density at radius 3 is 1.75 bits per heavy atom. The molecule has 4 rings (SSSR count). The van der Waals surface area contributed by atoms with E-state index in [2.05, 4.69) is 10.2 Å². The summed E-state index contributed by atoms with van der Waals surface area (Å²) in [7, 11) is 0. The zero-order valence-electron chi connectivity index (χ0n) is 15.6. The van der Waals surface area contributed by atoms with E-state index in [1.165, 1.54) is 0 Å². The molecule has 4 nitrogen and oxygen atoms in total. The van der Waals surface area contributed by atoms with Gasteiger partial charge in [0.2, 0.25) is 0 Å². The summed E-state index contributed by atoms with van der Waals surface area (Å²) in [6, 6.07) is 22.8. The molecule has 0 atom stereocenters. The van der Waals surface area contributed by atoms with Crippen molar-refractivity contribution in [3.05, 3.63) is 83.9 Å². The Hall–Kier alpha value is -3.66. The van der Waals surface area contributed by atoms with Crippen molar-refractivity contribution < 1.29 is 9.59 Å². The topological polar surface area (TPSA) is 59.9 Å². The predicted octanol–water partition coefficient (Wildman–Crippen LogP) is 5.37. The van der Waals surface area contributed by atoms with E-state index in [1.807, 2.05) is 60.7 Å². The number of fused-ring (bicyclic) bond motifs is 1. The molecule has 0 aliphatic carbocycles. The molecule has 0 spiro atoms. The molecule has 3 aromatic carbocycles. The summed E-state index contributed by atoms with van der Waals surface area (Å²) >= 11 is 0. The molecule has 0 bridgehead atoms. The summed E-state index contributed by atoms with van der Waals surface area (Å²) in [5.41, 5.74) is 5.67. The van der Waals surface area contributed by atoms with Crippen molar-refractivity contribution in [3.8, 4) is 22.4 Å². The van der Waals surface area contributed by atoms with Crippen LogP contribution in [0.1, 0.15) is 34.6 Å². The normalized spacial score (nSPS) is 10.8. The van der Waals surface area contributed by atoms with Gasteiger partial charge in [0.1, 0.15) is 5.69 Å². The van der Waals surface area contributed by atoms with Gasteiger partial charge in [-0.25, -0.2) is 0 Å². The highest BCUT2D eigenvalue weighted by atomic mass is 16.1. The lowest BCUT2D eigenvalue weighted by Gasteiger charge is -2.12. The van der Waals surface area contributed by atoms with Gasteiger partial charge in [-0.05, 0) is 25.5 Å². The number of ketones is 2. The van der Waals surface area contributed by atoms with Crippen LogP contribution in [0.5, 0.6) is 0 Å². The van der Waals surface area contributed by atoms with E-state index in [0.717, 1.165) is 33.3 Å². The first-order valence-corrected chi connectivity index (χ1v) is 9.03. The minimum Gasteiger partial charge on any atom is -0.295 e. The second-order valence-corrected chi connectivity index (χ2v) is 6.71. The number of carbonyl (C=O) groups excluding carboxylic acids is 2. The predicted molar refractivity (Wildman–Crippen MR) is 110 cm³/mol. The van der Waals surface area contributed by atoms with Crippen LogP contribution in [-0.4, -0.2) is 21.8 Å². The largest absolute Gasteiger partial charge is 0.295 e. The molecule has 0 N–H and O–H groups in total. The number of Topliss-reactive ketones (excluding diaryl/α,β-unsaturated/α-hetero) is 2. The molecule has 28 heavy (non-hydrogen) atoms. The van der Waals surface area contributed by atoms with Crippen molar-refractivity contribution in [1.29, 1.82) is 0 Å². The summed E-state index contributed by atoms with van der Waals surface area (Å²) < 4.78 is 0. The van der Waals surface area contributed by atoms with Crippen LogP contribution in [0.4, 0.5) is 0 Å². The van der Waals surface area contributed by atoms with Crippen molar-refractivity contribution in [1.82, 2.24) is 10.2 Å². The van der Waals surface area contributed by atoms with E-state index >= 15 is 0 Å². The summed E-state index contributed by atoms with van der Waals surface area (Å²) in [5, 5.41) is 9.84. The van der Waals surface area contributed by atoms with Crippen LogP contribution < -0.4 is 0 Å². The summed E-state index contributed by atoms with van der Waals surface area (Å²) in [5.74, 6) is 0.0560. The molecule has 0 fully saturated rings. The van der Waals surface area contributed by atoms with E-state index < -0.39 is 0 Å². The van der Waals surface area contributed by atoms with Gasteiger partial charge in [-0.2, -0.15) is 0 Å². The first-order chi connectivity index (χ1) is 13.5. The van der Waals surface area contributed by atoms with Gasteiger partial charge in [-0.1, -0.05) is 66.7 Å². The minimum atomic E-state index is 0.0243. The van der Waals surface area contributed by atoms with Gasteiger partial charge in [-0.3, -0.25) is 9.59 Å². The fraction of sp³-hybridized carbons (Fsp3) is 0.0833. The van der Waals surface area contributed by atoms with E-state index in [4.69, 9.17) is 0 Å². The van der Waals surface area contributed by atoms with Crippen LogP contribution in [-0.2, 0) is 0 Å². The van der Waals surface area contributed by atoms with Crippen LogP contribution in [0, 0.1) is 0 Å². The van der Waals surface area contributed by atoms with Gasteiger partial charge in [0.15, 0.2) is 11.6 Å². The number of aromatic nitrogens is 2. The third-order valence-corrected chi connectivity index (χ3v) is 4.81. The molecule has 0 aliphatic rings. The number of nitrogens with zero attached hydrogens (tertiary/aromatic N) is 2. The first kappa shape index (κ1) is 17.7. The number of hydrogen-bond donors (Lipinski definition) is 0. The standard InChI is InChI=1S/C24H18N2O2/c1-15(27)17-7-11-19(12-8-17)23-21-5-3-4-6-22(21)25-26-24(23)20-13-9-18(10-14-20)16(2)28/h3-14H,1-2H3. The third kappa shape index (κ3) is 3.21. The van der Waals surface area contributed by atoms with E-state index in [-0.39, 0.29) is 11.6 Å². The Kier molecular flexibility index (Phi) is 4.53. The molecule has 136 valence electrons. The molecule has 4 aromatic rings. The minimum absolute atomic E-state index is 0.0243. The van der Waals surface area contributed by atoms with Gasteiger partial charge < -0.3 is 0 Å². The van der Waals surface area contributed by atoms with E-state index in [0.29, 0.717) is 11.1 Å². The Balaban J connectivity index is 1.95. The molecule has 0 saturated carbocycles. The third-order valence-electron chi connectivity index (χ3n) is 4.81. The van der Waals surface area contributed by atoms with Crippen LogP contribution in [0.25, 0.3) is 33.3 Å². The zero-order valence-corrected chi connectivity index (χ0v) is 15.6. The van der Waals surface area contributed by atoms with Crippen LogP contribution in [0.2, 0.25) is 0 Å². The molecule has 4 heteroatoms. The second kappa shape index (κ2) is 7.16. The second-order valence-electron chi connectivity index (χ2n) is 6.71. The van der Waals surface area contributed by atoms with Crippen LogP contribution in [0.15, 0.2) is 72.8 Å². The molecule has 1 aromatic heterocycles. The number of hydrogen-bond acceptors (Lipinski definition) is 4. The molecule has 0 saturated heterocycles. The number of rotatable bonds is 4. The molecular formula is C24H18N2O2. The maximum atomic E-state index is 11.6. The Morgan fingerprint density at radius 2 is 1.18 bits per heavy atom. The number of carbonyl (C=O) groups is 2. The highest BCUT2D eigenvalue weighted by Crippen LogP contribution is 2.35. The SMILES string of the molecule is CC(=O)c1ccc(-c2nnc3ccccc3c2-c2ccc(C(C)=O)cc2)cc1. The van der Waals surface area contributed by atoms with Gasteiger partial charge in [-0.15, -0.1) is 10.2 Å². The highest BCUT2D eigenvalue weighted by molar-refractivity contribution is 6.02. The average Bonchev–Trinajstić information content (AvgIpc) is 2.73.